The predicted molar refractivity (Wildman–Crippen MR) is 97.7 cm³/mol. The Morgan fingerprint density at radius 2 is 1.96 bits per heavy atom. The number of carbonyl (C=O) groups excluding carboxylic acids is 1. The van der Waals surface area contributed by atoms with Crippen molar-refractivity contribution in [2.75, 3.05) is 6.61 Å². The zero-order chi connectivity index (χ0) is 17.6. The number of carbonyl (C=O) groups is 1. The van der Waals surface area contributed by atoms with Crippen molar-refractivity contribution in [1.82, 2.24) is 5.32 Å². The maximum atomic E-state index is 13.2. The molecule has 128 valence electrons. The van der Waals surface area contributed by atoms with Crippen LogP contribution in [0.1, 0.15) is 16.5 Å². The van der Waals surface area contributed by atoms with Gasteiger partial charge in [0.25, 0.3) is 5.91 Å². The first-order valence-corrected chi connectivity index (χ1v) is 8.84. The number of benzene rings is 2. The van der Waals surface area contributed by atoms with E-state index in [1.807, 2.05) is 17.5 Å². The third kappa shape index (κ3) is 4.81. The van der Waals surface area contributed by atoms with Crippen molar-refractivity contribution in [2.45, 2.75) is 6.04 Å². The lowest BCUT2D eigenvalue weighted by Gasteiger charge is -2.18. The van der Waals surface area contributed by atoms with Crippen LogP contribution in [0, 0.1) is 5.82 Å². The van der Waals surface area contributed by atoms with Gasteiger partial charge < -0.3 is 10.1 Å². The van der Waals surface area contributed by atoms with Gasteiger partial charge in [0.15, 0.2) is 6.61 Å². The van der Waals surface area contributed by atoms with Crippen LogP contribution >= 0.6 is 22.9 Å². The highest BCUT2D eigenvalue weighted by Crippen LogP contribution is 2.26. The van der Waals surface area contributed by atoms with Crippen molar-refractivity contribution in [3.63, 3.8) is 0 Å². The summed E-state index contributed by atoms with van der Waals surface area (Å²) in [5.41, 5.74) is 0.806. The molecule has 1 heterocycles. The van der Waals surface area contributed by atoms with E-state index in [1.54, 1.807) is 36.4 Å². The molecule has 2 aromatic carbocycles. The van der Waals surface area contributed by atoms with Crippen LogP contribution in [-0.4, -0.2) is 12.5 Å². The first-order valence-electron chi connectivity index (χ1n) is 7.58. The van der Waals surface area contributed by atoms with E-state index in [1.165, 1.54) is 23.5 Å². The number of amides is 1. The molecule has 1 unspecified atom stereocenters. The largest absolute Gasteiger partial charge is 0.484 e. The van der Waals surface area contributed by atoms with Gasteiger partial charge in [-0.15, -0.1) is 11.3 Å². The summed E-state index contributed by atoms with van der Waals surface area (Å²) in [5.74, 6) is -0.0656. The number of hydrogen-bond donors (Lipinski definition) is 1. The van der Waals surface area contributed by atoms with E-state index in [0.29, 0.717) is 10.8 Å². The van der Waals surface area contributed by atoms with E-state index < -0.39 is 0 Å². The van der Waals surface area contributed by atoms with Gasteiger partial charge in [0.05, 0.1) is 6.04 Å². The van der Waals surface area contributed by atoms with Crippen LogP contribution in [0.3, 0.4) is 0 Å². The molecule has 6 heteroatoms. The number of ether oxygens (including phenoxy) is 1. The van der Waals surface area contributed by atoms with Crippen LogP contribution in [-0.2, 0) is 4.79 Å². The maximum Gasteiger partial charge on any atom is 0.258 e. The molecule has 0 saturated heterocycles. The Hall–Kier alpha value is -2.37. The van der Waals surface area contributed by atoms with E-state index in [-0.39, 0.29) is 24.4 Å². The summed E-state index contributed by atoms with van der Waals surface area (Å²) in [5, 5.41) is 5.40. The summed E-state index contributed by atoms with van der Waals surface area (Å²) in [6, 6.07) is 16.4. The van der Waals surface area contributed by atoms with E-state index in [2.05, 4.69) is 5.32 Å². The van der Waals surface area contributed by atoms with E-state index in [0.717, 1.165) is 10.4 Å². The number of nitrogens with one attached hydrogen (secondary N) is 1. The highest BCUT2D eigenvalue weighted by Gasteiger charge is 2.18. The summed E-state index contributed by atoms with van der Waals surface area (Å²) >= 11 is 7.42. The quantitative estimate of drug-likeness (QED) is 0.670. The zero-order valence-corrected chi connectivity index (χ0v) is 14.7. The molecule has 0 radical (unpaired) electrons. The summed E-state index contributed by atoms with van der Waals surface area (Å²) in [6.07, 6.45) is 0. The Bertz CT molecular complexity index is 837. The smallest absolute Gasteiger partial charge is 0.258 e. The van der Waals surface area contributed by atoms with Crippen molar-refractivity contribution in [2.24, 2.45) is 0 Å². The average molecular weight is 376 g/mol. The van der Waals surface area contributed by atoms with Crippen LogP contribution in [0.25, 0.3) is 0 Å². The van der Waals surface area contributed by atoms with Crippen molar-refractivity contribution >= 4 is 28.8 Å². The minimum Gasteiger partial charge on any atom is -0.484 e. The lowest BCUT2D eigenvalue weighted by Crippen LogP contribution is -2.32. The van der Waals surface area contributed by atoms with Gasteiger partial charge in [-0.1, -0.05) is 35.9 Å². The molecule has 3 nitrogen and oxygen atoms in total. The molecular weight excluding hydrogens is 361 g/mol. The fourth-order valence-electron chi connectivity index (χ4n) is 2.34. The number of halogens is 2. The Morgan fingerprint density at radius 1 is 1.16 bits per heavy atom. The molecule has 25 heavy (non-hydrogen) atoms. The highest BCUT2D eigenvalue weighted by atomic mass is 35.5. The molecular formula is C19H15ClFNO2S. The van der Waals surface area contributed by atoms with Crippen molar-refractivity contribution in [3.05, 3.63) is 87.3 Å². The van der Waals surface area contributed by atoms with Crippen LogP contribution in [0.5, 0.6) is 5.75 Å². The van der Waals surface area contributed by atoms with Crippen LogP contribution in [0.2, 0.25) is 5.02 Å². The van der Waals surface area contributed by atoms with Gasteiger partial charge in [-0.25, -0.2) is 4.39 Å². The van der Waals surface area contributed by atoms with Gasteiger partial charge in [0.1, 0.15) is 11.6 Å². The van der Waals surface area contributed by atoms with Gasteiger partial charge in [-0.2, -0.15) is 0 Å². The molecule has 0 aliphatic rings. The molecule has 0 fully saturated rings. The molecule has 3 aromatic rings. The average Bonchev–Trinajstić information content (AvgIpc) is 3.13. The fourth-order valence-corrected chi connectivity index (χ4v) is 3.32. The number of rotatable bonds is 6. The van der Waals surface area contributed by atoms with E-state index in [9.17, 15) is 9.18 Å². The third-order valence-electron chi connectivity index (χ3n) is 3.50. The second-order valence-corrected chi connectivity index (χ2v) is 6.73. The SMILES string of the molecule is O=C(COc1cccc(Cl)c1)NC(c1ccc(F)cc1)c1cccs1. The predicted octanol–water partition coefficient (Wildman–Crippen LogP) is 4.83. The van der Waals surface area contributed by atoms with Gasteiger partial charge in [-0.3, -0.25) is 4.79 Å². The highest BCUT2D eigenvalue weighted by molar-refractivity contribution is 7.10. The Morgan fingerprint density at radius 3 is 2.64 bits per heavy atom. The Labute approximate surface area is 154 Å². The zero-order valence-electron chi connectivity index (χ0n) is 13.1. The van der Waals surface area contributed by atoms with Crippen molar-refractivity contribution < 1.29 is 13.9 Å². The fraction of sp³-hybridized carbons (Fsp3) is 0.105. The second kappa shape index (κ2) is 8.14. The maximum absolute atomic E-state index is 13.2. The van der Waals surface area contributed by atoms with Gasteiger partial charge in [-0.05, 0) is 47.3 Å². The number of thiophene rings is 1. The Balaban J connectivity index is 1.69. The summed E-state index contributed by atoms with van der Waals surface area (Å²) in [4.78, 5) is 13.3. The van der Waals surface area contributed by atoms with Crippen LogP contribution < -0.4 is 10.1 Å². The third-order valence-corrected chi connectivity index (χ3v) is 4.67. The standard InChI is InChI=1S/C19H15ClFNO2S/c20-14-3-1-4-16(11-14)24-12-18(23)22-19(17-5-2-10-25-17)13-6-8-15(21)9-7-13/h1-11,19H,12H2,(H,22,23). The summed E-state index contributed by atoms with van der Waals surface area (Å²) < 4.78 is 18.6. The molecule has 0 aliphatic carbocycles. The molecule has 0 aliphatic heterocycles. The lowest BCUT2D eigenvalue weighted by atomic mass is 10.1. The van der Waals surface area contributed by atoms with E-state index in [4.69, 9.17) is 16.3 Å². The molecule has 3 rings (SSSR count). The Kier molecular flexibility index (Phi) is 5.68. The second-order valence-electron chi connectivity index (χ2n) is 5.31. The minimum atomic E-state index is -0.351. The molecule has 1 N–H and O–H groups in total. The van der Waals surface area contributed by atoms with Gasteiger partial charge in [0.2, 0.25) is 0 Å². The molecule has 0 spiro atoms. The van der Waals surface area contributed by atoms with Crippen molar-refractivity contribution in [3.8, 4) is 5.75 Å². The lowest BCUT2D eigenvalue weighted by molar-refractivity contribution is -0.123. The molecule has 1 atom stereocenters. The first-order chi connectivity index (χ1) is 12.1. The van der Waals surface area contributed by atoms with Gasteiger partial charge in [0, 0.05) is 9.90 Å². The minimum absolute atomic E-state index is 0.136. The number of hydrogen-bond acceptors (Lipinski definition) is 3. The molecule has 1 amide bonds. The van der Waals surface area contributed by atoms with E-state index >= 15 is 0 Å². The monoisotopic (exact) mass is 375 g/mol. The summed E-state index contributed by atoms with van der Waals surface area (Å²) in [7, 11) is 0. The molecule has 1 aromatic heterocycles. The van der Waals surface area contributed by atoms with Crippen LogP contribution in [0.4, 0.5) is 4.39 Å². The van der Waals surface area contributed by atoms with Crippen LogP contribution in [0.15, 0.2) is 66.0 Å². The topological polar surface area (TPSA) is 38.3 Å². The first kappa shape index (κ1) is 17.5. The molecule has 0 bridgehead atoms. The summed E-state index contributed by atoms with van der Waals surface area (Å²) in [6.45, 7) is -0.136. The van der Waals surface area contributed by atoms with Gasteiger partial charge >= 0.3 is 0 Å². The normalized spacial score (nSPS) is 11.8. The van der Waals surface area contributed by atoms with Crippen molar-refractivity contribution in [1.29, 1.82) is 0 Å². The molecule has 0 saturated carbocycles.